The summed E-state index contributed by atoms with van der Waals surface area (Å²) in [7, 11) is 1.20. The van der Waals surface area contributed by atoms with Gasteiger partial charge in [-0.05, 0) is 13.5 Å². The first-order valence-electron chi connectivity index (χ1n) is 5.58. The Labute approximate surface area is 101 Å². The normalized spacial score (nSPS) is 22.5. The van der Waals surface area contributed by atoms with E-state index in [1.54, 1.807) is 0 Å². The van der Waals surface area contributed by atoms with Gasteiger partial charge in [-0.2, -0.15) is 0 Å². The molecule has 17 heavy (non-hydrogen) atoms. The lowest BCUT2D eigenvalue weighted by molar-refractivity contribution is -0.153. The Balaban J connectivity index is 0.000000181. The second-order valence-electron chi connectivity index (χ2n) is 4.04. The standard InChI is InChI=1S/C7H8.C6H10FNO2/c1-7-5-3-2-4-6-7;1-10-5(9)6(7)2-3-8-4-6/h2-6H,1H3;8H,2-4H2,1H3. The number of carbonyl (C=O) groups excluding carboxylic acids is 1. The first-order valence-corrected chi connectivity index (χ1v) is 5.58. The Hall–Kier alpha value is -1.42. The van der Waals surface area contributed by atoms with E-state index in [1.807, 2.05) is 18.2 Å². The zero-order chi connectivity index (χ0) is 12.7. The number of esters is 1. The van der Waals surface area contributed by atoms with Crippen LogP contribution in [0.25, 0.3) is 0 Å². The molecule has 1 aromatic carbocycles. The fourth-order valence-electron chi connectivity index (χ4n) is 1.55. The molecule has 0 amide bonds. The molecular weight excluding hydrogens is 221 g/mol. The molecule has 1 aliphatic heterocycles. The molecule has 1 N–H and O–H groups in total. The summed E-state index contributed by atoms with van der Waals surface area (Å²) >= 11 is 0. The van der Waals surface area contributed by atoms with Crippen molar-refractivity contribution in [3.63, 3.8) is 0 Å². The average molecular weight is 239 g/mol. The summed E-state index contributed by atoms with van der Waals surface area (Å²) in [6.45, 7) is 2.71. The molecule has 1 heterocycles. The van der Waals surface area contributed by atoms with Crippen LogP contribution >= 0.6 is 0 Å². The molecule has 1 saturated heterocycles. The van der Waals surface area contributed by atoms with E-state index in [4.69, 9.17) is 0 Å². The second kappa shape index (κ2) is 6.35. The predicted molar refractivity (Wildman–Crippen MR) is 64.5 cm³/mol. The zero-order valence-electron chi connectivity index (χ0n) is 10.2. The molecule has 2 rings (SSSR count). The molecule has 0 spiro atoms. The number of hydrogen-bond donors (Lipinski definition) is 1. The number of carbonyl (C=O) groups is 1. The van der Waals surface area contributed by atoms with Gasteiger partial charge in [0, 0.05) is 13.0 Å². The fourth-order valence-corrected chi connectivity index (χ4v) is 1.55. The number of ether oxygens (including phenoxy) is 1. The van der Waals surface area contributed by atoms with Crippen molar-refractivity contribution in [3.05, 3.63) is 35.9 Å². The second-order valence-corrected chi connectivity index (χ2v) is 4.04. The van der Waals surface area contributed by atoms with Gasteiger partial charge in [-0.3, -0.25) is 0 Å². The molecule has 1 aromatic rings. The van der Waals surface area contributed by atoms with E-state index >= 15 is 0 Å². The minimum atomic E-state index is -1.77. The fraction of sp³-hybridized carbons (Fsp3) is 0.462. The topological polar surface area (TPSA) is 38.3 Å². The lowest BCUT2D eigenvalue weighted by Gasteiger charge is -2.13. The minimum absolute atomic E-state index is 0.0830. The van der Waals surface area contributed by atoms with Gasteiger partial charge in [-0.15, -0.1) is 0 Å². The summed E-state index contributed by atoms with van der Waals surface area (Å²) in [6, 6.07) is 10.3. The third-order valence-corrected chi connectivity index (χ3v) is 2.59. The number of halogens is 1. The monoisotopic (exact) mass is 239 g/mol. The van der Waals surface area contributed by atoms with Gasteiger partial charge in [0.1, 0.15) is 0 Å². The van der Waals surface area contributed by atoms with Crippen LogP contribution in [0.15, 0.2) is 30.3 Å². The molecule has 0 bridgehead atoms. The number of methoxy groups -OCH3 is 1. The molecule has 1 aliphatic rings. The van der Waals surface area contributed by atoms with Gasteiger partial charge in [-0.1, -0.05) is 35.9 Å². The zero-order valence-corrected chi connectivity index (χ0v) is 10.2. The SMILES string of the molecule is COC(=O)C1(F)CCNC1.Cc1ccccc1. The first-order chi connectivity index (χ1) is 8.08. The van der Waals surface area contributed by atoms with Crippen molar-refractivity contribution in [1.82, 2.24) is 5.32 Å². The quantitative estimate of drug-likeness (QED) is 0.760. The van der Waals surface area contributed by atoms with E-state index in [-0.39, 0.29) is 13.0 Å². The van der Waals surface area contributed by atoms with Crippen LogP contribution < -0.4 is 5.32 Å². The molecule has 1 fully saturated rings. The summed E-state index contributed by atoms with van der Waals surface area (Å²) in [5, 5.41) is 2.75. The molecule has 1 atom stereocenters. The molecule has 1 unspecified atom stereocenters. The van der Waals surface area contributed by atoms with E-state index in [1.165, 1.54) is 12.7 Å². The van der Waals surface area contributed by atoms with E-state index in [0.717, 1.165) is 0 Å². The highest BCUT2D eigenvalue weighted by molar-refractivity contribution is 5.80. The van der Waals surface area contributed by atoms with Gasteiger partial charge in [0.05, 0.1) is 7.11 Å². The minimum Gasteiger partial charge on any atom is -0.467 e. The third kappa shape index (κ3) is 4.15. The van der Waals surface area contributed by atoms with Crippen LogP contribution in [0.4, 0.5) is 4.39 Å². The van der Waals surface area contributed by atoms with Gasteiger partial charge in [-0.25, -0.2) is 9.18 Å². The Kier molecular flexibility index (Phi) is 5.10. The van der Waals surface area contributed by atoms with Gasteiger partial charge < -0.3 is 10.1 Å². The summed E-state index contributed by atoms with van der Waals surface area (Å²) in [5.74, 6) is -0.766. The van der Waals surface area contributed by atoms with E-state index < -0.39 is 11.6 Å². The summed E-state index contributed by atoms with van der Waals surface area (Å²) in [4.78, 5) is 10.7. The number of nitrogens with one attached hydrogen (secondary N) is 1. The lowest BCUT2D eigenvalue weighted by Crippen LogP contribution is -2.36. The van der Waals surface area contributed by atoms with Crippen LogP contribution in [0.5, 0.6) is 0 Å². The van der Waals surface area contributed by atoms with Crippen LogP contribution in [-0.2, 0) is 9.53 Å². The predicted octanol–water partition coefficient (Wildman–Crippen LogP) is 1.86. The molecule has 0 radical (unpaired) electrons. The van der Waals surface area contributed by atoms with E-state index in [9.17, 15) is 9.18 Å². The average Bonchev–Trinajstić information content (AvgIpc) is 2.78. The lowest BCUT2D eigenvalue weighted by atomic mass is 10.1. The van der Waals surface area contributed by atoms with Crippen molar-refractivity contribution in [2.75, 3.05) is 20.2 Å². The van der Waals surface area contributed by atoms with Gasteiger partial charge in [0.2, 0.25) is 5.67 Å². The Morgan fingerprint density at radius 2 is 2.06 bits per heavy atom. The summed E-state index contributed by atoms with van der Waals surface area (Å²) < 4.78 is 17.5. The Morgan fingerprint density at radius 1 is 1.41 bits per heavy atom. The van der Waals surface area contributed by atoms with Crippen LogP contribution in [0.2, 0.25) is 0 Å². The van der Waals surface area contributed by atoms with Crippen LogP contribution in [0.1, 0.15) is 12.0 Å². The molecular formula is C13H18FNO2. The van der Waals surface area contributed by atoms with Crippen molar-refractivity contribution in [2.45, 2.75) is 19.0 Å². The van der Waals surface area contributed by atoms with Crippen LogP contribution in [-0.4, -0.2) is 31.8 Å². The van der Waals surface area contributed by atoms with Crippen LogP contribution in [0, 0.1) is 6.92 Å². The van der Waals surface area contributed by atoms with Gasteiger partial charge in [0.25, 0.3) is 0 Å². The van der Waals surface area contributed by atoms with E-state index in [0.29, 0.717) is 6.54 Å². The largest absolute Gasteiger partial charge is 0.467 e. The van der Waals surface area contributed by atoms with Crippen molar-refractivity contribution in [3.8, 4) is 0 Å². The van der Waals surface area contributed by atoms with Gasteiger partial charge in [0.15, 0.2) is 0 Å². The summed E-state index contributed by atoms with van der Waals surface area (Å²) in [5.41, 5.74) is -0.447. The van der Waals surface area contributed by atoms with E-state index in [2.05, 4.69) is 29.1 Å². The smallest absolute Gasteiger partial charge is 0.345 e. The van der Waals surface area contributed by atoms with Crippen LogP contribution in [0.3, 0.4) is 0 Å². The number of alkyl halides is 1. The molecule has 4 heteroatoms. The number of aryl methyl sites for hydroxylation is 1. The van der Waals surface area contributed by atoms with Crippen molar-refractivity contribution in [2.24, 2.45) is 0 Å². The maximum atomic E-state index is 13.2. The summed E-state index contributed by atoms with van der Waals surface area (Å²) in [6.07, 6.45) is 0.222. The molecule has 3 nitrogen and oxygen atoms in total. The van der Waals surface area contributed by atoms with Crippen molar-refractivity contribution >= 4 is 5.97 Å². The first kappa shape index (κ1) is 13.6. The third-order valence-electron chi connectivity index (χ3n) is 2.59. The molecule has 0 aliphatic carbocycles. The molecule has 0 aromatic heterocycles. The number of benzene rings is 1. The van der Waals surface area contributed by atoms with Crippen molar-refractivity contribution < 1.29 is 13.9 Å². The Morgan fingerprint density at radius 3 is 2.41 bits per heavy atom. The maximum absolute atomic E-state index is 13.2. The van der Waals surface area contributed by atoms with Gasteiger partial charge >= 0.3 is 5.97 Å². The maximum Gasteiger partial charge on any atom is 0.345 e. The Bertz CT molecular complexity index is 348. The van der Waals surface area contributed by atoms with Crippen molar-refractivity contribution in [1.29, 1.82) is 0 Å². The highest BCUT2D eigenvalue weighted by atomic mass is 19.1. The number of rotatable bonds is 1. The number of hydrogen-bond acceptors (Lipinski definition) is 3. The highest BCUT2D eigenvalue weighted by Crippen LogP contribution is 2.20. The molecule has 0 saturated carbocycles. The highest BCUT2D eigenvalue weighted by Gasteiger charge is 2.42. The molecule has 94 valence electrons.